The zero-order valence-electron chi connectivity index (χ0n) is 20.5. The summed E-state index contributed by atoms with van der Waals surface area (Å²) in [6.07, 6.45) is 10.6. The Morgan fingerprint density at radius 2 is 1.38 bits per heavy atom. The van der Waals surface area contributed by atoms with Crippen LogP contribution in [-0.2, 0) is 25.9 Å². The monoisotopic (exact) mass is 772 g/mol. The molecule has 5 aromatic heterocycles. The number of aromatic amines is 1. The van der Waals surface area contributed by atoms with Gasteiger partial charge in [0.1, 0.15) is 6.20 Å². The number of aryl methyl sites for hydroxylation is 4. The molecular formula is C22H25N9O6Te2. The van der Waals surface area contributed by atoms with Gasteiger partial charge >= 0.3 is 200 Å². The van der Waals surface area contributed by atoms with Crippen molar-refractivity contribution in [2.75, 3.05) is 0 Å². The topological polar surface area (TPSA) is 194 Å². The molecule has 0 aromatic carbocycles. The molecule has 0 bridgehead atoms. The Morgan fingerprint density at radius 3 is 1.77 bits per heavy atom. The Bertz CT molecular complexity index is 1480. The van der Waals surface area contributed by atoms with Gasteiger partial charge in [-0.2, -0.15) is 0 Å². The third-order valence-electron chi connectivity index (χ3n) is 4.68. The summed E-state index contributed by atoms with van der Waals surface area (Å²) in [6.45, 7) is 1.21. The molecule has 0 saturated heterocycles. The quantitative estimate of drug-likeness (QED) is 0.133. The second-order valence-electron chi connectivity index (χ2n) is 7.12. The summed E-state index contributed by atoms with van der Waals surface area (Å²) in [4.78, 5) is 42.5. The van der Waals surface area contributed by atoms with Crippen LogP contribution in [0.2, 0.25) is 0 Å². The zero-order valence-corrected chi connectivity index (χ0v) is 24.2. The van der Waals surface area contributed by atoms with Crippen molar-refractivity contribution in [2.45, 2.75) is 33.4 Å². The Labute approximate surface area is 243 Å². The summed E-state index contributed by atoms with van der Waals surface area (Å²) in [7, 11) is 0. The van der Waals surface area contributed by atoms with E-state index in [1.807, 2.05) is 12.1 Å². The number of aromatic nitrogens is 6. The molecule has 206 valence electrons. The predicted octanol–water partition coefficient (Wildman–Crippen LogP) is 3.14. The molecule has 17 heteroatoms. The fourth-order valence-corrected chi connectivity index (χ4v) is 6.73. The Balaban J connectivity index is 0.000000218. The van der Waals surface area contributed by atoms with Gasteiger partial charge in [0.05, 0.1) is 6.20 Å². The van der Waals surface area contributed by atoms with Gasteiger partial charge in [-0.15, -0.1) is 0 Å². The Morgan fingerprint density at radius 1 is 0.821 bits per heavy atom. The number of hydrogen-bond donors (Lipinski definition) is 1. The van der Waals surface area contributed by atoms with Crippen LogP contribution >= 0.6 is 0 Å². The van der Waals surface area contributed by atoms with E-state index in [1.165, 1.54) is 36.5 Å². The van der Waals surface area contributed by atoms with E-state index in [-0.39, 0.29) is 45.7 Å². The third kappa shape index (κ3) is 10.2. The molecule has 5 rings (SSSR count). The summed E-state index contributed by atoms with van der Waals surface area (Å²) in [5.74, 6) is -0.398. The van der Waals surface area contributed by atoms with E-state index in [4.69, 9.17) is 1.37 Å². The molecule has 5 aromatic rings. The van der Waals surface area contributed by atoms with Crippen molar-refractivity contribution >= 4 is 58.7 Å². The molecule has 0 saturated carbocycles. The Hall–Kier alpha value is -3.63. The fraction of sp³-hybridized carbons (Fsp3) is 0.227. The van der Waals surface area contributed by atoms with Gasteiger partial charge in [0, 0.05) is 0 Å². The summed E-state index contributed by atoms with van der Waals surface area (Å²) >= 11 is -0.609. The van der Waals surface area contributed by atoms with Crippen LogP contribution in [0.5, 0.6) is 0 Å². The van der Waals surface area contributed by atoms with Crippen LogP contribution in [0.25, 0.3) is 0 Å². The van der Waals surface area contributed by atoms with E-state index in [2.05, 4.69) is 36.2 Å². The molecule has 0 radical (unpaired) electrons. The van der Waals surface area contributed by atoms with E-state index in [9.17, 15) is 30.3 Å². The average Bonchev–Trinajstić information content (AvgIpc) is 3.74. The molecule has 0 aliphatic carbocycles. The maximum absolute atomic E-state index is 10.6. The first-order valence-corrected chi connectivity index (χ1v) is 15.6. The van der Waals surface area contributed by atoms with Crippen LogP contribution in [0, 0.1) is 30.3 Å². The standard InChI is InChI=1S/2C9H9N3O2Te.C3H3N3O2.CH4/c2*13-12(14)9-10-4-6-11(9)5-3-8-2-1-7-15-8;7-6(8)3-4-1-2-5-3;/h2*1-2,4,6-7H,3,5H2;1-2H,(H,4,5);1H4/i7D;;;. The van der Waals surface area contributed by atoms with Gasteiger partial charge in [-0.3, -0.25) is 0 Å². The van der Waals surface area contributed by atoms with Crippen LogP contribution in [-0.4, -0.2) is 84.7 Å². The second kappa shape index (κ2) is 16.4. The summed E-state index contributed by atoms with van der Waals surface area (Å²) in [5.41, 5.74) is 0. The van der Waals surface area contributed by atoms with Crippen molar-refractivity contribution in [3.8, 4) is 0 Å². The predicted molar refractivity (Wildman–Crippen MR) is 144 cm³/mol. The molecule has 0 spiro atoms. The molecule has 0 aliphatic heterocycles. The number of nitrogens with one attached hydrogen (secondary N) is 1. The first-order chi connectivity index (χ1) is 18.7. The van der Waals surface area contributed by atoms with Crippen LogP contribution < -0.4 is 0 Å². The molecule has 1 N–H and O–H groups in total. The SMILES string of the molecule is C.O=[N+]([O-])c1ncc[nH]1.O=[N+]([O-])c1nccn1CCc1ccc[te]1.[2H]c1ccc(CCn2ccnc2[N+](=O)[O-])[te]1. The van der Waals surface area contributed by atoms with E-state index >= 15 is 0 Å². The van der Waals surface area contributed by atoms with Crippen LogP contribution in [0.15, 0.2) is 69.6 Å². The van der Waals surface area contributed by atoms with E-state index in [1.54, 1.807) is 17.0 Å². The molecule has 0 unspecified atom stereocenters. The van der Waals surface area contributed by atoms with Gasteiger partial charge in [0.2, 0.25) is 0 Å². The first kappa shape index (κ1) is 29.9. The normalized spacial score (nSPS) is 10.2. The minimum absolute atomic E-state index is 0. The molecule has 15 nitrogen and oxygen atoms in total. The number of nitrogens with zero attached hydrogens (tertiary/aromatic N) is 8. The van der Waals surface area contributed by atoms with Crippen molar-refractivity contribution < 1.29 is 16.1 Å². The molecule has 0 amide bonds. The molecule has 5 heterocycles. The summed E-state index contributed by atoms with van der Waals surface area (Å²) in [6, 6.07) is 7.97. The third-order valence-corrected chi connectivity index (χ3v) is 9.79. The van der Waals surface area contributed by atoms with Crippen molar-refractivity contribution in [1.29, 1.82) is 0 Å². The number of H-pyrrole nitrogens is 1. The molecule has 39 heavy (non-hydrogen) atoms. The number of nitro groups is 3. The summed E-state index contributed by atoms with van der Waals surface area (Å²) in [5, 5.41) is 31.0. The molecule has 0 fully saturated rings. The second-order valence-corrected chi connectivity index (χ2v) is 12.8. The van der Waals surface area contributed by atoms with Gasteiger partial charge in [-0.05, 0) is 4.92 Å². The number of imidazole rings is 3. The Kier molecular flexibility index (Phi) is 12.5. The van der Waals surface area contributed by atoms with Gasteiger partial charge in [0.15, 0.2) is 0 Å². The zero-order chi connectivity index (χ0) is 28.2. The molecule has 0 atom stereocenters. The van der Waals surface area contributed by atoms with Gasteiger partial charge < -0.3 is 10.1 Å². The van der Waals surface area contributed by atoms with Crippen LogP contribution in [0.1, 0.15) is 16.0 Å². The fourth-order valence-electron chi connectivity index (χ4n) is 2.97. The summed E-state index contributed by atoms with van der Waals surface area (Å²) < 4.78 is 16.2. The van der Waals surface area contributed by atoms with Crippen LogP contribution in [0.3, 0.4) is 0 Å². The molecular weight excluding hydrogens is 741 g/mol. The number of hydrogen-bond acceptors (Lipinski definition) is 9. The van der Waals surface area contributed by atoms with E-state index in [0.717, 1.165) is 16.9 Å². The van der Waals surface area contributed by atoms with Gasteiger partial charge in [-0.25, -0.2) is 4.98 Å². The van der Waals surface area contributed by atoms with Gasteiger partial charge in [0.25, 0.3) is 0 Å². The van der Waals surface area contributed by atoms with Crippen LogP contribution in [0.4, 0.5) is 17.8 Å². The molecule has 0 aliphatic rings. The van der Waals surface area contributed by atoms with Crippen molar-refractivity contribution in [3.63, 3.8) is 0 Å². The number of rotatable bonds is 9. The van der Waals surface area contributed by atoms with Crippen molar-refractivity contribution in [1.82, 2.24) is 29.1 Å². The van der Waals surface area contributed by atoms with Gasteiger partial charge in [-0.1, -0.05) is 12.4 Å². The first-order valence-electron chi connectivity index (χ1n) is 11.3. The minimum atomic E-state index is -0.583. The average molecular weight is 768 g/mol. The van der Waals surface area contributed by atoms with E-state index in [0.29, 0.717) is 13.1 Å². The maximum atomic E-state index is 10.6. The van der Waals surface area contributed by atoms with E-state index < -0.39 is 35.2 Å². The van der Waals surface area contributed by atoms with Crippen molar-refractivity contribution in [2.24, 2.45) is 0 Å². The van der Waals surface area contributed by atoms with Crippen molar-refractivity contribution in [3.05, 3.63) is 107 Å².